The van der Waals surface area contributed by atoms with Gasteiger partial charge in [0, 0.05) is 19.1 Å². The van der Waals surface area contributed by atoms with E-state index in [4.69, 9.17) is 5.73 Å². The number of nitrogens with two attached hydrogens (primary N) is 1. The molecule has 0 heterocycles. The molecule has 1 saturated carbocycles. The molecule has 1 fully saturated rings. The zero-order chi connectivity index (χ0) is 11.4. The Morgan fingerprint density at radius 1 is 1.25 bits per heavy atom. The molecule has 1 aromatic rings. The first kappa shape index (κ1) is 11.6. The Morgan fingerprint density at radius 3 is 2.62 bits per heavy atom. The minimum atomic E-state index is 0.454. The Kier molecular flexibility index (Phi) is 3.97. The number of rotatable bonds is 4. The Bertz CT molecular complexity index is 310. The average Bonchev–Trinajstić information content (AvgIpc) is 2.65. The summed E-state index contributed by atoms with van der Waals surface area (Å²) in [5, 5.41) is 0. The summed E-state index contributed by atoms with van der Waals surface area (Å²) < 4.78 is 0. The van der Waals surface area contributed by atoms with Crippen molar-refractivity contribution in [2.75, 3.05) is 13.6 Å². The van der Waals surface area contributed by atoms with Gasteiger partial charge in [-0.05, 0) is 37.8 Å². The van der Waals surface area contributed by atoms with Gasteiger partial charge in [0.05, 0.1) is 0 Å². The van der Waals surface area contributed by atoms with Gasteiger partial charge in [-0.2, -0.15) is 0 Å². The van der Waals surface area contributed by atoms with Crippen molar-refractivity contribution in [1.29, 1.82) is 0 Å². The van der Waals surface area contributed by atoms with E-state index < -0.39 is 0 Å². The molecular weight excluding hydrogens is 196 g/mol. The van der Waals surface area contributed by atoms with E-state index in [9.17, 15) is 0 Å². The molecule has 0 spiro atoms. The van der Waals surface area contributed by atoms with Crippen molar-refractivity contribution in [1.82, 2.24) is 4.90 Å². The third kappa shape index (κ3) is 3.32. The van der Waals surface area contributed by atoms with E-state index in [-0.39, 0.29) is 0 Å². The van der Waals surface area contributed by atoms with Crippen LogP contribution in [0.15, 0.2) is 30.3 Å². The third-order valence-corrected chi connectivity index (χ3v) is 3.45. The molecule has 0 radical (unpaired) electrons. The van der Waals surface area contributed by atoms with Gasteiger partial charge in [0.2, 0.25) is 0 Å². The van der Waals surface area contributed by atoms with Crippen LogP contribution in [0.25, 0.3) is 0 Å². The molecule has 0 amide bonds. The molecule has 2 nitrogen and oxygen atoms in total. The predicted octanol–water partition coefficient (Wildman–Crippen LogP) is 2.25. The molecule has 0 saturated heterocycles. The highest BCUT2D eigenvalue weighted by Crippen LogP contribution is 2.24. The maximum absolute atomic E-state index is 5.93. The minimum absolute atomic E-state index is 0.454. The Morgan fingerprint density at radius 2 is 2.00 bits per heavy atom. The van der Waals surface area contributed by atoms with Gasteiger partial charge in [-0.1, -0.05) is 30.3 Å². The normalized spacial score (nSPS) is 25.2. The summed E-state index contributed by atoms with van der Waals surface area (Å²) in [6.45, 7) is 2.23. The smallest absolute Gasteiger partial charge is 0.0230 e. The summed E-state index contributed by atoms with van der Waals surface area (Å²) in [6.07, 6.45) is 3.73. The van der Waals surface area contributed by atoms with Crippen molar-refractivity contribution in [2.45, 2.75) is 31.8 Å². The fourth-order valence-electron chi connectivity index (χ4n) is 2.68. The van der Waals surface area contributed by atoms with Crippen molar-refractivity contribution in [2.24, 2.45) is 11.7 Å². The van der Waals surface area contributed by atoms with Gasteiger partial charge in [0.15, 0.2) is 0 Å². The van der Waals surface area contributed by atoms with Crippen LogP contribution in [0.4, 0.5) is 0 Å². The molecule has 2 atom stereocenters. The lowest BCUT2D eigenvalue weighted by atomic mass is 10.1. The molecule has 0 bridgehead atoms. The lowest BCUT2D eigenvalue weighted by Crippen LogP contribution is -2.25. The molecule has 2 unspecified atom stereocenters. The van der Waals surface area contributed by atoms with Crippen molar-refractivity contribution in [3.63, 3.8) is 0 Å². The zero-order valence-corrected chi connectivity index (χ0v) is 10.1. The van der Waals surface area contributed by atoms with E-state index in [1.54, 1.807) is 0 Å². The van der Waals surface area contributed by atoms with Crippen LogP contribution in [-0.4, -0.2) is 24.5 Å². The first-order valence-corrected chi connectivity index (χ1v) is 6.22. The van der Waals surface area contributed by atoms with Gasteiger partial charge in [0.25, 0.3) is 0 Å². The highest BCUT2D eigenvalue weighted by atomic mass is 15.1. The highest BCUT2D eigenvalue weighted by Gasteiger charge is 2.22. The highest BCUT2D eigenvalue weighted by molar-refractivity contribution is 5.14. The molecule has 16 heavy (non-hydrogen) atoms. The second-order valence-electron chi connectivity index (χ2n) is 5.12. The summed E-state index contributed by atoms with van der Waals surface area (Å²) in [5.74, 6) is 0.809. The van der Waals surface area contributed by atoms with E-state index in [1.807, 2.05) is 0 Å². The number of hydrogen-bond acceptors (Lipinski definition) is 2. The predicted molar refractivity (Wildman–Crippen MR) is 68.1 cm³/mol. The van der Waals surface area contributed by atoms with Gasteiger partial charge in [0.1, 0.15) is 0 Å². The van der Waals surface area contributed by atoms with Gasteiger partial charge in [-0.25, -0.2) is 0 Å². The van der Waals surface area contributed by atoms with Crippen LogP contribution in [0.3, 0.4) is 0 Å². The molecule has 2 heteroatoms. The van der Waals surface area contributed by atoms with Crippen molar-refractivity contribution >= 4 is 0 Å². The largest absolute Gasteiger partial charge is 0.328 e. The second kappa shape index (κ2) is 5.46. The Labute approximate surface area is 98.4 Å². The van der Waals surface area contributed by atoms with Crippen LogP contribution < -0.4 is 5.73 Å². The van der Waals surface area contributed by atoms with Crippen LogP contribution in [0.1, 0.15) is 24.8 Å². The second-order valence-corrected chi connectivity index (χ2v) is 5.12. The SMILES string of the molecule is CN(Cc1ccccc1)CC1CCC(N)C1. The molecule has 1 aliphatic carbocycles. The molecule has 88 valence electrons. The van der Waals surface area contributed by atoms with Gasteiger partial charge in [-0.3, -0.25) is 0 Å². The van der Waals surface area contributed by atoms with E-state index in [0.29, 0.717) is 6.04 Å². The summed E-state index contributed by atoms with van der Waals surface area (Å²) >= 11 is 0. The van der Waals surface area contributed by atoms with Crippen LogP contribution in [-0.2, 0) is 6.54 Å². The van der Waals surface area contributed by atoms with Crippen LogP contribution in [0.2, 0.25) is 0 Å². The molecule has 0 aromatic heterocycles. The van der Waals surface area contributed by atoms with Gasteiger partial charge < -0.3 is 10.6 Å². The quantitative estimate of drug-likeness (QED) is 0.840. The number of benzene rings is 1. The molecule has 0 aliphatic heterocycles. The zero-order valence-electron chi connectivity index (χ0n) is 10.1. The van der Waals surface area contributed by atoms with E-state index in [0.717, 1.165) is 12.5 Å². The molecule has 1 aromatic carbocycles. The van der Waals surface area contributed by atoms with Crippen molar-refractivity contribution in [3.8, 4) is 0 Å². The molecule has 2 N–H and O–H groups in total. The van der Waals surface area contributed by atoms with E-state index in [2.05, 4.69) is 42.3 Å². The summed E-state index contributed by atoms with van der Waals surface area (Å²) in [7, 11) is 2.21. The lowest BCUT2D eigenvalue weighted by molar-refractivity contribution is 0.270. The summed E-state index contributed by atoms with van der Waals surface area (Å²) in [4.78, 5) is 2.41. The molecule has 2 rings (SSSR count). The first-order valence-electron chi connectivity index (χ1n) is 6.22. The first-order chi connectivity index (χ1) is 7.74. The summed E-state index contributed by atoms with van der Waals surface area (Å²) in [6, 6.07) is 11.1. The fraction of sp³-hybridized carbons (Fsp3) is 0.571. The van der Waals surface area contributed by atoms with E-state index in [1.165, 1.54) is 31.4 Å². The standard InChI is InChI=1S/C14H22N2/c1-16(10-12-5-3-2-4-6-12)11-13-7-8-14(15)9-13/h2-6,13-14H,7-11,15H2,1H3. The van der Waals surface area contributed by atoms with Gasteiger partial charge >= 0.3 is 0 Å². The summed E-state index contributed by atoms with van der Waals surface area (Å²) in [5.41, 5.74) is 7.33. The number of nitrogens with zero attached hydrogens (tertiary/aromatic N) is 1. The van der Waals surface area contributed by atoms with Crippen molar-refractivity contribution < 1.29 is 0 Å². The van der Waals surface area contributed by atoms with Crippen LogP contribution in [0, 0.1) is 5.92 Å². The minimum Gasteiger partial charge on any atom is -0.328 e. The topological polar surface area (TPSA) is 29.3 Å². The average molecular weight is 218 g/mol. The lowest BCUT2D eigenvalue weighted by Gasteiger charge is -2.20. The Hall–Kier alpha value is -0.860. The van der Waals surface area contributed by atoms with Crippen molar-refractivity contribution in [3.05, 3.63) is 35.9 Å². The maximum atomic E-state index is 5.93. The Balaban J connectivity index is 1.78. The monoisotopic (exact) mass is 218 g/mol. The number of hydrogen-bond donors (Lipinski definition) is 1. The molecule has 1 aliphatic rings. The fourth-order valence-corrected chi connectivity index (χ4v) is 2.68. The van der Waals surface area contributed by atoms with Gasteiger partial charge in [-0.15, -0.1) is 0 Å². The third-order valence-electron chi connectivity index (χ3n) is 3.45. The van der Waals surface area contributed by atoms with Crippen LogP contribution >= 0.6 is 0 Å². The van der Waals surface area contributed by atoms with E-state index >= 15 is 0 Å². The molecular formula is C14H22N2. The maximum Gasteiger partial charge on any atom is 0.0230 e. The van der Waals surface area contributed by atoms with Crippen LogP contribution in [0.5, 0.6) is 0 Å².